The zero-order valence-electron chi connectivity index (χ0n) is 10.8. The van der Waals surface area contributed by atoms with Crippen molar-refractivity contribution in [2.45, 2.75) is 31.9 Å². The zero-order valence-corrected chi connectivity index (χ0v) is 10.8. The lowest BCUT2D eigenvalue weighted by Crippen LogP contribution is -2.29. The van der Waals surface area contributed by atoms with Crippen molar-refractivity contribution in [3.8, 4) is 0 Å². The third-order valence-electron chi connectivity index (χ3n) is 3.36. The Hall–Kier alpha value is -1.39. The van der Waals surface area contributed by atoms with Crippen molar-refractivity contribution in [1.29, 1.82) is 0 Å². The molecule has 4 nitrogen and oxygen atoms in total. The Morgan fingerprint density at radius 3 is 2.72 bits per heavy atom. The van der Waals surface area contributed by atoms with E-state index in [-0.39, 0.29) is 12.0 Å². The molecule has 1 aliphatic heterocycles. The van der Waals surface area contributed by atoms with Gasteiger partial charge in [-0.15, -0.1) is 0 Å². The number of amides is 1. The van der Waals surface area contributed by atoms with Crippen molar-refractivity contribution < 1.29 is 9.53 Å². The molecule has 0 aliphatic carbocycles. The predicted molar refractivity (Wildman–Crippen MR) is 71.3 cm³/mol. The summed E-state index contributed by atoms with van der Waals surface area (Å²) in [6, 6.07) is 7.75. The van der Waals surface area contributed by atoms with Gasteiger partial charge in [-0.2, -0.15) is 0 Å². The molecule has 1 aromatic carbocycles. The Labute approximate surface area is 108 Å². The number of hydrogen-bond acceptors (Lipinski definition) is 3. The van der Waals surface area contributed by atoms with E-state index in [1.54, 1.807) is 11.9 Å². The molecule has 2 N–H and O–H groups in total. The summed E-state index contributed by atoms with van der Waals surface area (Å²) in [6.07, 6.45) is 2.62. The topological polar surface area (TPSA) is 55.6 Å². The minimum absolute atomic E-state index is 0.0994. The zero-order chi connectivity index (χ0) is 13.0. The SMILES string of the molecule is CN(C(=O)CC1CCCO1)c1ccc(CN)cc1. The van der Waals surface area contributed by atoms with E-state index in [0.29, 0.717) is 13.0 Å². The number of nitrogens with two attached hydrogens (primary N) is 1. The first-order chi connectivity index (χ1) is 8.70. The lowest BCUT2D eigenvalue weighted by molar-refractivity contribution is -0.120. The average Bonchev–Trinajstić information content (AvgIpc) is 2.91. The van der Waals surface area contributed by atoms with Crippen molar-refractivity contribution in [2.24, 2.45) is 5.73 Å². The third kappa shape index (κ3) is 3.09. The van der Waals surface area contributed by atoms with Crippen LogP contribution in [0.1, 0.15) is 24.8 Å². The molecule has 1 heterocycles. The Balaban J connectivity index is 1.95. The van der Waals surface area contributed by atoms with E-state index in [2.05, 4.69) is 0 Å². The molecule has 98 valence electrons. The monoisotopic (exact) mass is 248 g/mol. The molecule has 1 amide bonds. The highest BCUT2D eigenvalue weighted by atomic mass is 16.5. The number of hydrogen-bond donors (Lipinski definition) is 1. The summed E-state index contributed by atoms with van der Waals surface area (Å²) < 4.78 is 5.48. The van der Waals surface area contributed by atoms with Gasteiger partial charge < -0.3 is 15.4 Å². The molecular weight excluding hydrogens is 228 g/mol. The highest BCUT2D eigenvalue weighted by Crippen LogP contribution is 2.19. The van der Waals surface area contributed by atoms with E-state index in [0.717, 1.165) is 30.7 Å². The van der Waals surface area contributed by atoms with Gasteiger partial charge in [0.15, 0.2) is 0 Å². The maximum Gasteiger partial charge on any atom is 0.229 e. The van der Waals surface area contributed by atoms with Crippen LogP contribution in [-0.2, 0) is 16.1 Å². The quantitative estimate of drug-likeness (QED) is 0.882. The maximum absolute atomic E-state index is 12.1. The van der Waals surface area contributed by atoms with E-state index >= 15 is 0 Å². The molecule has 1 saturated heterocycles. The molecule has 0 saturated carbocycles. The minimum Gasteiger partial charge on any atom is -0.378 e. The Morgan fingerprint density at radius 2 is 2.17 bits per heavy atom. The number of carbonyl (C=O) groups excluding carboxylic acids is 1. The largest absolute Gasteiger partial charge is 0.378 e. The molecule has 1 aromatic rings. The molecule has 1 unspecified atom stereocenters. The van der Waals surface area contributed by atoms with Gasteiger partial charge in [-0.3, -0.25) is 4.79 Å². The smallest absolute Gasteiger partial charge is 0.229 e. The van der Waals surface area contributed by atoms with Gasteiger partial charge in [0.1, 0.15) is 0 Å². The molecule has 0 radical (unpaired) electrons. The number of rotatable bonds is 4. The van der Waals surface area contributed by atoms with Gasteiger partial charge in [-0.05, 0) is 30.5 Å². The fraction of sp³-hybridized carbons (Fsp3) is 0.500. The van der Waals surface area contributed by atoms with Crippen LogP contribution >= 0.6 is 0 Å². The predicted octanol–water partition coefficient (Wildman–Crippen LogP) is 1.68. The lowest BCUT2D eigenvalue weighted by atomic mass is 10.1. The molecule has 2 rings (SSSR count). The van der Waals surface area contributed by atoms with Crippen molar-refractivity contribution in [2.75, 3.05) is 18.6 Å². The standard InChI is InChI=1S/C14H20N2O2/c1-16(12-6-4-11(10-15)5-7-12)14(17)9-13-3-2-8-18-13/h4-7,13H,2-3,8-10,15H2,1H3. The summed E-state index contributed by atoms with van der Waals surface area (Å²) in [6.45, 7) is 1.31. The fourth-order valence-corrected chi connectivity index (χ4v) is 2.14. The molecule has 18 heavy (non-hydrogen) atoms. The second-order valence-corrected chi connectivity index (χ2v) is 4.66. The average molecular weight is 248 g/mol. The number of ether oxygens (including phenoxy) is 1. The number of anilines is 1. The van der Waals surface area contributed by atoms with Crippen LogP contribution in [0.4, 0.5) is 5.69 Å². The van der Waals surface area contributed by atoms with Crippen LogP contribution in [0.3, 0.4) is 0 Å². The maximum atomic E-state index is 12.1. The van der Waals surface area contributed by atoms with Gasteiger partial charge in [0.05, 0.1) is 12.5 Å². The van der Waals surface area contributed by atoms with Crippen LogP contribution < -0.4 is 10.6 Å². The van der Waals surface area contributed by atoms with E-state index < -0.39 is 0 Å². The third-order valence-corrected chi connectivity index (χ3v) is 3.36. The highest BCUT2D eigenvalue weighted by Gasteiger charge is 2.21. The molecule has 4 heteroatoms. The van der Waals surface area contributed by atoms with Gasteiger partial charge in [-0.25, -0.2) is 0 Å². The van der Waals surface area contributed by atoms with Crippen LogP contribution in [0.25, 0.3) is 0 Å². The molecule has 0 aromatic heterocycles. The second kappa shape index (κ2) is 5.98. The first-order valence-corrected chi connectivity index (χ1v) is 6.38. The highest BCUT2D eigenvalue weighted by molar-refractivity contribution is 5.93. The number of nitrogens with zero attached hydrogens (tertiary/aromatic N) is 1. The summed E-state index contributed by atoms with van der Waals surface area (Å²) in [5.74, 6) is 0.0994. The summed E-state index contributed by atoms with van der Waals surface area (Å²) in [5, 5.41) is 0. The molecule has 0 spiro atoms. The molecule has 0 bridgehead atoms. The first kappa shape index (κ1) is 13.1. The van der Waals surface area contributed by atoms with Crippen molar-refractivity contribution in [3.05, 3.63) is 29.8 Å². The summed E-state index contributed by atoms with van der Waals surface area (Å²) in [4.78, 5) is 13.8. The second-order valence-electron chi connectivity index (χ2n) is 4.66. The summed E-state index contributed by atoms with van der Waals surface area (Å²) in [7, 11) is 1.80. The Bertz CT molecular complexity index is 397. The van der Waals surface area contributed by atoms with Gasteiger partial charge in [0, 0.05) is 25.9 Å². The Kier molecular flexibility index (Phi) is 4.33. The lowest BCUT2D eigenvalue weighted by Gasteiger charge is -2.19. The van der Waals surface area contributed by atoms with Gasteiger partial charge in [0.25, 0.3) is 0 Å². The van der Waals surface area contributed by atoms with Crippen LogP contribution in [-0.4, -0.2) is 25.7 Å². The van der Waals surface area contributed by atoms with E-state index in [4.69, 9.17) is 10.5 Å². The Morgan fingerprint density at radius 1 is 1.44 bits per heavy atom. The van der Waals surface area contributed by atoms with Crippen LogP contribution in [0.2, 0.25) is 0 Å². The molecule has 1 fully saturated rings. The van der Waals surface area contributed by atoms with Gasteiger partial charge in [0.2, 0.25) is 5.91 Å². The fourth-order valence-electron chi connectivity index (χ4n) is 2.14. The van der Waals surface area contributed by atoms with Gasteiger partial charge >= 0.3 is 0 Å². The number of carbonyl (C=O) groups is 1. The van der Waals surface area contributed by atoms with Crippen LogP contribution in [0.5, 0.6) is 0 Å². The van der Waals surface area contributed by atoms with E-state index in [1.165, 1.54) is 0 Å². The number of benzene rings is 1. The van der Waals surface area contributed by atoms with Crippen LogP contribution in [0.15, 0.2) is 24.3 Å². The van der Waals surface area contributed by atoms with Gasteiger partial charge in [-0.1, -0.05) is 12.1 Å². The molecule has 1 atom stereocenters. The van der Waals surface area contributed by atoms with Crippen molar-refractivity contribution in [3.63, 3.8) is 0 Å². The molecular formula is C14H20N2O2. The van der Waals surface area contributed by atoms with E-state index in [9.17, 15) is 4.79 Å². The normalized spacial score (nSPS) is 18.9. The van der Waals surface area contributed by atoms with Crippen molar-refractivity contribution in [1.82, 2.24) is 0 Å². The molecule has 1 aliphatic rings. The first-order valence-electron chi connectivity index (χ1n) is 6.38. The summed E-state index contributed by atoms with van der Waals surface area (Å²) in [5.41, 5.74) is 7.51. The summed E-state index contributed by atoms with van der Waals surface area (Å²) >= 11 is 0. The van der Waals surface area contributed by atoms with Crippen LogP contribution in [0, 0.1) is 0 Å². The minimum atomic E-state index is 0.0994. The van der Waals surface area contributed by atoms with Crippen molar-refractivity contribution >= 4 is 11.6 Å². The van der Waals surface area contributed by atoms with E-state index in [1.807, 2.05) is 24.3 Å².